The molecule has 104 valence electrons. The summed E-state index contributed by atoms with van der Waals surface area (Å²) in [7, 11) is 0. The van der Waals surface area contributed by atoms with E-state index in [0.29, 0.717) is 6.04 Å². The number of piperidine rings is 1. The molecular weight excluding hydrogens is 238 g/mol. The maximum absolute atomic E-state index is 11.2. The molecule has 0 aliphatic carbocycles. The molecule has 4 nitrogen and oxygen atoms in total. The summed E-state index contributed by atoms with van der Waals surface area (Å²) in [6, 6.07) is 8.81. The Balaban J connectivity index is 1.83. The van der Waals surface area contributed by atoms with Gasteiger partial charge in [0, 0.05) is 24.8 Å². The molecule has 1 amide bonds. The Labute approximate surface area is 115 Å². The van der Waals surface area contributed by atoms with E-state index in [2.05, 4.69) is 41.4 Å². The minimum Gasteiger partial charge on any atom is -0.382 e. The summed E-state index contributed by atoms with van der Waals surface area (Å²) in [6.45, 7) is 5.82. The smallest absolute Gasteiger partial charge is 0.234 e. The van der Waals surface area contributed by atoms with Crippen molar-refractivity contribution in [3.05, 3.63) is 29.8 Å². The lowest BCUT2D eigenvalue weighted by molar-refractivity contribution is -0.123. The summed E-state index contributed by atoms with van der Waals surface area (Å²) in [5, 5.41) is 3.55. The predicted octanol–water partition coefficient (Wildman–Crippen LogP) is 1.75. The third-order valence-electron chi connectivity index (χ3n) is 3.91. The van der Waals surface area contributed by atoms with E-state index in [1.165, 1.54) is 11.3 Å². The molecule has 0 spiro atoms. The van der Waals surface area contributed by atoms with E-state index in [0.717, 1.165) is 25.9 Å². The Kier molecular flexibility index (Phi) is 4.43. The fourth-order valence-electron chi connectivity index (χ4n) is 2.50. The van der Waals surface area contributed by atoms with Gasteiger partial charge in [-0.15, -0.1) is 0 Å². The molecule has 4 heteroatoms. The molecule has 0 bridgehead atoms. The van der Waals surface area contributed by atoms with Gasteiger partial charge in [0.25, 0.3) is 0 Å². The van der Waals surface area contributed by atoms with Gasteiger partial charge in [-0.25, -0.2) is 0 Å². The normalized spacial score (nSPS) is 19.1. The second-order valence-electron chi connectivity index (χ2n) is 5.40. The van der Waals surface area contributed by atoms with Crippen LogP contribution in [0, 0.1) is 6.92 Å². The molecule has 1 heterocycles. The quantitative estimate of drug-likeness (QED) is 0.868. The van der Waals surface area contributed by atoms with Crippen LogP contribution in [0.3, 0.4) is 0 Å². The van der Waals surface area contributed by atoms with Crippen LogP contribution >= 0.6 is 0 Å². The van der Waals surface area contributed by atoms with Crippen molar-refractivity contribution < 1.29 is 4.79 Å². The molecule has 1 fully saturated rings. The van der Waals surface area contributed by atoms with Crippen molar-refractivity contribution >= 4 is 11.6 Å². The molecule has 1 aliphatic heterocycles. The minimum absolute atomic E-state index is 0.152. The average molecular weight is 261 g/mol. The standard InChI is InChI=1S/C15H23N3O/c1-11-3-5-13(6-4-11)17-14-7-9-18(10-8-14)12(2)15(16)19/h3-6,12,14,17H,7-10H2,1-2H3,(H2,16,19)/t12-/m1/s1. The number of rotatable bonds is 4. The van der Waals surface area contributed by atoms with Gasteiger partial charge < -0.3 is 11.1 Å². The highest BCUT2D eigenvalue weighted by molar-refractivity contribution is 5.79. The number of aryl methyl sites for hydroxylation is 1. The van der Waals surface area contributed by atoms with Gasteiger partial charge in [0.15, 0.2) is 0 Å². The number of anilines is 1. The van der Waals surface area contributed by atoms with Crippen LogP contribution in [-0.2, 0) is 4.79 Å². The largest absolute Gasteiger partial charge is 0.382 e. The Morgan fingerprint density at radius 1 is 1.32 bits per heavy atom. The molecule has 1 aromatic rings. The first-order valence-electron chi connectivity index (χ1n) is 6.93. The number of nitrogens with two attached hydrogens (primary N) is 1. The van der Waals surface area contributed by atoms with Crippen LogP contribution < -0.4 is 11.1 Å². The number of nitrogens with one attached hydrogen (secondary N) is 1. The fraction of sp³-hybridized carbons (Fsp3) is 0.533. The lowest BCUT2D eigenvalue weighted by Gasteiger charge is -2.35. The molecule has 0 aromatic heterocycles. The maximum Gasteiger partial charge on any atom is 0.234 e. The van der Waals surface area contributed by atoms with Gasteiger partial charge in [-0.2, -0.15) is 0 Å². The van der Waals surface area contributed by atoms with Crippen molar-refractivity contribution in [2.75, 3.05) is 18.4 Å². The van der Waals surface area contributed by atoms with E-state index in [1.807, 2.05) is 6.92 Å². The van der Waals surface area contributed by atoms with Crippen LogP contribution in [0.15, 0.2) is 24.3 Å². The topological polar surface area (TPSA) is 58.4 Å². The van der Waals surface area contributed by atoms with Crippen molar-refractivity contribution in [3.63, 3.8) is 0 Å². The number of hydrogen-bond donors (Lipinski definition) is 2. The van der Waals surface area contributed by atoms with Crippen LogP contribution in [0.5, 0.6) is 0 Å². The third-order valence-corrected chi connectivity index (χ3v) is 3.91. The van der Waals surface area contributed by atoms with Crippen molar-refractivity contribution in [1.29, 1.82) is 0 Å². The van der Waals surface area contributed by atoms with Crippen LogP contribution in [0.2, 0.25) is 0 Å². The van der Waals surface area contributed by atoms with Gasteiger partial charge in [0.2, 0.25) is 5.91 Å². The Morgan fingerprint density at radius 2 is 1.89 bits per heavy atom. The van der Waals surface area contributed by atoms with Crippen molar-refractivity contribution in [1.82, 2.24) is 4.90 Å². The van der Waals surface area contributed by atoms with E-state index in [-0.39, 0.29) is 11.9 Å². The van der Waals surface area contributed by atoms with E-state index < -0.39 is 0 Å². The summed E-state index contributed by atoms with van der Waals surface area (Å²) in [6.07, 6.45) is 2.09. The van der Waals surface area contributed by atoms with Crippen LogP contribution in [0.25, 0.3) is 0 Å². The zero-order valence-corrected chi connectivity index (χ0v) is 11.7. The predicted molar refractivity (Wildman–Crippen MR) is 78.1 cm³/mol. The molecule has 1 saturated heterocycles. The number of hydrogen-bond acceptors (Lipinski definition) is 3. The molecule has 0 unspecified atom stereocenters. The summed E-state index contributed by atoms with van der Waals surface area (Å²) < 4.78 is 0. The van der Waals surface area contributed by atoms with E-state index in [4.69, 9.17) is 5.73 Å². The van der Waals surface area contributed by atoms with Gasteiger partial charge in [-0.3, -0.25) is 9.69 Å². The zero-order valence-electron chi connectivity index (χ0n) is 11.7. The highest BCUT2D eigenvalue weighted by Gasteiger charge is 2.25. The number of amides is 1. The molecule has 3 N–H and O–H groups in total. The third kappa shape index (κ3) is 3.70. The molecule has 1 aromatic carbocycles. The molecule has 1 atom stereocenters. The van der Waals surface area contributed by atoms with Gasteiger partial charge >= 0.3 is 0 Å². The second-order valence-corrected chi connectivity index (χ2v) is 5.40. The lowest BCUT2D eigenvalue weighted by atomic mass is 10.0. The van der Waals surface area contributed by atoms with Crippen molar-refractivity contribution in [2.24, 2.45) is 5.73 Å². The number of carbonyl (C=O) groups excluding carboxylic acids is 1. The fourth-order valence-corrected chi connectivity index (χ4v) is 2.50. The summed E-state index contributed by atoms with van der Waals surface area (Å²) in [5.41, 5.74) is 7.79. The Morgan fingerprint density at radius 3 is 2.42 bits per heavy atom. The highest BCUT2D eigenvalue weighted by Crippen LogP contribution is 2.18. The molecule has 2 rings (SSSR count). The number of primary amides is 1. The average Bonchev–Trinajstić information content (AvgIpc) is 2.41. The van der Waals surface area contributed by atoms with Crippen LogP contribution in [0.1, 0.15) is 25.3 Å². The van der Waals surface area contributed by atoms with Gasteiger partial charge in [-0.1, -0.05) is 17.7 Å². The first-order valence-corrected chi connectivity index (χ1v) is 6.93. The minimum atomic E-state index is -0.232. The Hall–Kier alpha value is -1.55. The van der Waals surface area contributed by atoms with Gasteiger partial charge in [0.05, 0.1) is 6.04 Å². The number of likely N-dealkylation sites (tertiary alicyclic amines) is 1. The zero-order chi connectivity index (χ0) is 13.8. The number of benzene rings is 1. The molecule has 0 radical (unpaired) electrons. The van der Waals surface area contributed by atoms with Crippen molar-refractivity contribution in [3.8, 4) is 0 Å². The first kappa shape index (κ1) is 13.9. The molecule has 1 aliphatic rings. The number of carbonyl (C=O) groups is 1. The molecular formula is C15H23N3O. The summed E-state index contributed by atoms with van der Waals surface area (Å²) in [4.78, 5) is 13.3. The van der Waals surface area contributed by atoms with Gasteiger partial charge in [0.1, 0.15) is 0 Å². The van der Waals surface area contributed by atoms with Gasteiger partial charge in [-0.05, 0) is 38.8 Å². The Bertz CT molecular complexity index is 422. The highest BCUT2D eigenvalue weighted by atomic mass is 16.1. The van der Waals surface area contributed by atoms with Crippen molar-refractivity contribution in [2.45, 2.75) is 38.8 Å². The maximum atomic E-state index is 11.2. The summed E-state index contributed by atoms with van der Waals surface area (Å²) in [5.74, 6) is -0.232. The van der Waals surface area contributed by atoms with E-state index in [9.17, 15) is 4.79 Å². The lowest BCUT2D eigenvalue weighted by Crippen LogP contribution is -2.48. The molecule has 0 saturated carbocycles. The first-order chi connectivity index (χ1) is 9.06. The molecule has 19 heavy (non-hydrogen) atoms. The monoisotopic (exact) mass is 261 g/mol. The number of nitrogens with zero attached hydrogens (tertiary/aromatic N) is 1. The van der Waals surface area contributed by atoms with Crippen LogP contribution in [0.4, 0.5) is 5.69 Å². The van der Waals surface area contributed by atoms with Crippen LogP contribution in [-0.4, -0.2) is 36.0 Å². The summed E-state index contributed by atoms with van der Waals surface area (Å²) >= 11 is 0. The SMILES string of the molecule is Cc1ccc(NC2CCN([C@H](C)C(N)=O)CC2)cc1. The van der Waals surface area contributed by atoms with E-state index in [1.54, 1.807) is 0 Å². The second kappa shape index (κ2) is 6.06. The van der Waals surface area contributed by atoms with E-state index >= 15 is 0 Å².